The highest BCUT2D eigenvalue weighted by atomic mass is 32.2. The number of thioether (sulfide) groups is 1. The molecule has 170 valence electrons. The molecule has 2 aromatic carbocycles. The summed E-state index contributed by atoms with van der Waals surface area (Å²) >= 11 is 1.82. The summed E-state index contributed by atoms with van der Waals surface area (Å²) in [5.41, 5.74) is 5.26. The zero-order valence-corrected chi connectivity index (χ0v) is 21.3. The summed E-state index contributed by atoms with van der Waals surface area (Å²) in [7, 11) is 3.90. The van der Waals surface area contributed by atoms with Crippen molar-refractivity contribution < 1.29 is 10.1 Å². The summed E-state index contributed by atoms with van der Waals surface area (Å²) < 4.78 is 5.72. The minimum Gasteiger partial charge on any atom is -0.496 e. The van der Waals surface area contributed by atoms with Crippen molar-refractivity contribution in [1.82, 2.24) is 0 Å². The first-order valence-corrected chi connectivity index (χ1v) is 12.8. The third-order valence-electron chi connectivity index (χ3n) is 6.23. The van der Waals surface area contributed by atoms with Crippen LogP contribution in [0.25, 0.3) is 6.08 Å². The van der Waals surface area contributed by atoms with Crippen LogP contribution in [0.4, 0.5) is 11.4 Å². The van der Waals surface area contributed by atoms with Crippen molar-refractivity contribution in [3.05, 3.63) is 53.6 Å². The Morgan fingerprint density at radius 3 is 2.42 bits per heavy atom. The van der Waals surface area contributed by atoms with E-state index in [0.29, 0.717) is 0 Å². The molecule has 31 heavy (non-hydrogen) atoms. The van der Waals surface area contributed by atoms with E-state index in [1.54, 1.807) is 7.11 Å². The lowest BCUT2D eigenvalue weighted by Crippen LogP contribution is -2.73. The van der Waals surface area contributed by atoms with Crippen molar-refractivity contribution in [2.45, 2.75) is 57.3 Å². The molecule has 0 saturated carbocycles. The summed E-state index contributed by atoms with van der Waals surface area (Å²) in [5.74, 6) is 0.935. The lowest BCUT2D eigenvalue weighted by Gasteiger charge is -2.30. The molecule has 0 amide bonds. The second kappa shape index (κ2) is 12.2. The topological polar surface area (TPSA) is 29.1 Å². The van der Waals surface area contributed by atoms with Crippen molar-refractivity contribution >= 4 is 29.2 Å². The molecule has 0 aromatic heterocycles. The Kier molecular flexibility index (Phi) is 9.98. The Morgan fingerprint density at radius 2 is 1.84 bits per heavy atom. The zero-order chi connectivity index (χ0) is 22.9. The highest BCUT2D eigenvalue weighted by molar-refractivity contribution is 7.98. The lowest BCUT2D eigenvalue weighted by molar-refractivity contribution is -0.540. The van der Waals surface area contributed by atoms with Gasteiger partial charge in [-0.1, -0.05) is 32.4 Å². The average Bonchev–Trinajstić information content (AvgIpc) is 2.80. The van der Waals surface area contributed by atoms with Crippen molar-refractivity contribution in [1.29, 1.82) is 0 Å². The monoisotopic (exact) mass is 441 g/mol. The first kappa shape index (κ1) is 25.4. The van der Waals surface area contributed by atoms with Gasteiger partial charge in [-0.05, 0) is 57.2 Å². The lowest BCUT2D eigenvalue weighted by atomic mass is 9.75. The number of hydrogen-bond donors (Lipinski definition) is 1. The molecule has 3 nitrogen and oxygen atoms in total. The molecule has 1 atom stereocenters. The number of benzene rings is 2. The molecule has 0 heterocycles. The molecule has 2 aromatic rings. The van der Waals surface area contributed by atoms with E-state index in [4.69, 9.17) is 4.74 Å². The van der Waals surface area contributed by atoms with Gasteiger partial charge in [-0.15, -0.1) is 11.8 Å². The van der Waals surface area contributed by atoms with Crippen LogP contribution in [-0.2, 0) is 5.41 Å². The number of quaternary nitrogens is 1. The van der Waals surface area contributed by atoms with Crippen LogP contribution >= 0.6 is 11.8 Å². The highest BCUT2D eigenvalue weighted by Gasteiger charge is 2.29. The second-order valence-corrected chi connectivity index (χ2v) is 9.14. The van der Waals surface area contributed by atoms with Crippen LogP contribution in [0.5, 0.6) is 5.75 Å². The minimum atomic E-state index is 0.104. The molecule has 0 spiro atoms. The summed E-state index contributed by atoms with van der Waals surface area (Å²) in [5, 5.41) is 2.24. The molecule has 1 unspecified atom stereocenters. The van der Waals surface area contributed by atoms with E-state index in [-0.39, 0.29) is 5.41 Å². The molecule has 0 fully saturated rings. The van der Waals surface area contributed by atoms with Crippen molar-refractivity contribution in [2.75, 3.05) is 38.4 Å². The first-order valence-electron chi connectivity index (χ1n) is 11.5. The summed E-state index contributed by atoms with van der Waals surface area (Å²) in [6.07, 6.45) is 10.0. The zero-order valence-electron chi connectivity index (χ0n) is 20.5. The average molecular weight is 442 g/mol. The van der Waals surface area contributed by atoms with Gasteiger partial charge >= 0.3 is 0 Å². The van der Waals surface area contributed by atoms with E-state index in [0.717, 1.165) is 37.2 Å². The Hall–Kier alpha value is -1.91. The third-order valence-corrected chi connectivity index (χ3v) is 6.96. The van der Waals surface area contributed by atoms with Crippen molar-refractivity contribution in [3.8, 4) is 5.75 Å². The number of nitrogens with two attached hydrogens (primary N) is 1. The SMILES string of the molecule is CCCC(C)(C/C=C/c1ccc(N(CC)CC)cc1OC)c1cc(SC)ccc1[NH2+]C. The number of allylic oxidation sites excluding steroid dienone is 1. The number of anilines is 1. The smallest absolute Gasteiger partial charge is 0.133 e. The largest absolute Gasteiger partial charge is 0.496 e. The minimum absolute atomic E-state index is 0.104. The molecule has 4 heteroatoms. The van der Waals surface area contributed by atoms with E-state index in [9.17, 15) is 0 Å². The van der Waals surface area contributed by atoms with Gasteiger partial charge in [-0.2, -0.15) is 0 Å². The fourth-order valence-electron chi connectivity index (χ4n) is 4.40. The van der Waals surface area contributed by atoms with E-state index >= 15 is 0 Å². The molecule has 0 bridgehead atoms. The summed E-state index contributed by atoms with van der Waals surface area (Å²) in [6.45, 7) is 11.1. The Balaban J connectivity index is 2.33. The molecule has 0 radical (unpaired) electrons. The summed E-state index contributed by atoms with van der Waals surface area (Å²) in [4.78, 5) is 3.68. The molecule has 2 rings (SSSR count). The number of ether oxygens (including phenoxy) is 1. The molecular formula is C27H41N2OS+. The van der Waals surface area contributed by atoms with Gasteiger partial charge in [0.1, 0.15) is 11.4 Å². The Labute approximate surface area is 194 Å². The van der Waals surface area contributed by atoms with Gasteiger partial charge in [-0.3, -0.25) is 0 Å². The maximum atomic E-state index is 5.72. The van der Waals surface area contributed by atoms with Gasteiger partial charge in [-0.25, -0.2) is 0 Å². The fraction of sp³-hybridized carbons (Fsp3) is 0.481. The molecule has 0 aliphatic carbocycles. The van der Waals surface area contributed by atoms with Crippen molar-refractivity contribution in [2.24, 2.45) is 0 Å². The molecular weight excluding hydrogens is 400 g/mol. The number of nitrogens with zero attached hydrogens (tertiary/aromatic N) is 1. The first-order chi connectivity index (χ1) is 15.0. The van der Waals surface area contributed by atoms with Crippen LogP contribution in [0.15, 0.2) is 47.4 Å². The van der Waals surface area contributed by atoms with Gasteiger partial charge in [0, 0.05) is 52.3 Å². The van der Waals surface area contributed by atoms with Gasteiger partial charge in [0.2, 0.25) is 0 Å². The van der Waals surface area contributed by atoms with Crippen LogP contribution in [0.2, 0.25) is 0 Å². The van der Waals surface area contributed by atoms with Crippen LogP contribution in [0, 0.1) is 0 Å². The molecule has 0 saturated heterocycles. The maximum absolute atomic E-state index is 5.72. The predicted octanol–water partition coefficient (Wildman–Crippen LogP) is 6.25. The highest BCUT2D eigenvalue weighted by Crippen LogP contribution is 2.38. The normalized spacial score (nSPS) is 13.4. The van der Waals surface area contributed by atoms with E-state index in [1.807, 2.05) is 11.8 Å². The quantitative estimate of drug-likeness (QED) is 0.312. The Bertz CT molecular complexity index is 860. The van der Waals surface area contributed by atoms with Gasteiger partial charge in [0.15, 0.2) is 0 Å². The molecule has 0 aliphatic heterocycles. The van der Waals surface area contributed by atoms with Gasteiger partial charge < -0.3 is 15.0 Å². The van der Waals surface area contributed by atoms with Crippen molar-refractivity contribution in [3.63, 3.8) is 0 Å². The predicted molar refractivity (Wildman–Crippen MR) is 138 cm³/mol. The molecule has 2 N–H and O–H groups in total. The number of rotatable bonds is 12. The van der Waals surface area contributed by atoms with E-state index in [2.05, 4.69) is 99.8 Å². The van der Waals surface area contributed by atoms with Crippen LogP contribution in [-0.4, -0.2) is 33.5 Å². The van der Waals surface area contributed by atoms with Crippen LogP contribution in [0.3, 0.4) is 0 Å². The van der Waals surface area contributed by atoms with Crippen LogP contribution in [0.1, 0.15) is 58.1 Å². The van der Waals surface area contributed by atoms with Crippen LogP contribution < -0.4 is 15.0 Å². The number of methoxy groups -OCH3 is 1. The Morgan fingerprint density at radius 1 is 1.10 bits per heavy atom. The van der Waals surface area contributed by atoms with E-state index in [1.165, 1.54) is 28.3 Å². The number of hydrogen-bond acceptors (Lipinski definition) is 3. The second-order valence-electron chi connectivity index (χ2n) is 8.26. The summed E-state index contributed by atoms with van der Waals surface area (Å²) in [6, 6.07) is 13.4. The van der Waals surface area contributed by atoms with Gasteiger partial charge in [0.25, 0.3) is 0 Å². The molecule has 0 aliphatic rings. The fourth-order valence-corrected chi connectivity index (χ4v) is 4.84. The third kappa shape index (κ3) is 6.30. The van der Waals surface area contributed by atoms with E-state index < -0.39 is 0 Å². The van der Waals surface area contributed by atoms with Gasteiger partial charge in [0.05, 0.1) is 14.2 Å². The maximum Gasteiger partial charge on any atom is 0.133 e. The standard InChI is InChI=1S/C27H40N2OS/c1-8-17-27(4,24-20-23(31-7)15-16-25(24)28-5)18-11-12-21-13-14-22(19-26(21)30-6)29(9-2)10-3/h11-16,19-20,28H,8-10,17-18H2,1-7H3/p+1/b12-11+.